The van der Waals surface area contributed by atoms with Gasteiger partial charge in [0.2, 0.25) is 0 Å². The van der Waals surface area contributed by atoms with Crippen molar-refractivity contribution in [2.24, 2.45) is 5.92 Å². The van der Waals surface area contributed by atoms with Crippen molar-refractivity contribution in [1.29, 1.82) is 0 Å². The summed E-state index contributed by atoms with van der Waals surface area (Å²) < 4.78 is 69.9. The molecule has 2 aromatic carbocycles. The van der Waals surface area contributed by atoms with Crippen LogP contribution in [0.4, 0.5) is 13.2 Å². The minimum atomic E-state index is -4.35. The van der Waals surface area contributed by atoms with Crippen LogP contribution in [-0.4, -0.2) is 60.2 Å². The Morgan fingerprint density at radius 2 is 1.90 bits per heavy atom. The molecule has 12 heteroatoms. The van der Waals surface area contributed by atoms with Crippen LogP contribution in [0.15, 0.2) is 47.4 Å². The molecule has 1 aliphatic heterocycles. The smallest absolute Gasteiger partial charge is 0.394 e. The van der Waals surface area contributed by atoms with Crippen molar-refractivity contribution < 1.29 is 36.2 Å². The van der Waals surface area contributed by atoms with Crippen molar-refractivity contribution in [3.8, 4) is 0 Å². The van der Waals surface area contributed by atoms with Gasteiger partial charge < -0.3 is 19.7 Å². The summed E-state index contributed by atoms with van der Waals surface area (Å²) in [5, 5.41) is 12.7. The van der Waals surface area contributed by atoms with E-state index in [1.54, 1.807) is 37.3 Å². The number of aliphatic hydroxyl groups is 1. The second-order valence-corrected chi connectivity index (χ2v) is 11.9. The molecule has 4 rings (SSSR count). The van der Waals surface area contributed by atoms with Crippen molar-refractivity contribution in [1.82, 2.24) is 14.9 Å². The fourth-order valence-corrected chi connectivity index (χ4v) is 5.75. The zero-order chi connectivity index (χ0) is 28.4. The van der Waals surface area contributed by atoms with E-state index in [0.717, 1.165) is 11.3 Å². The average molecular weight is 568 g/mol. The Morgan fingerprint density at radius 3 is 2.46 bits per heavy atom. The Morgan fingerprint density at radius 1 is 1.18 bits per heavy atom. The number of benzene rings is 2. The molecule has 0 saturated carbocycles. The lowest BCUT2D eigenvalue weighted by Gasteiger charge is -2.30. The first-order valence-electron chi connectivity index (χ1n) is 12.9. The molecule has 8 nitrogen and oxygen atoms in total. The zero-order valence-corrected chi connectivity index (χ0v) is 22.6. The lowest BCUT2D eigenvalue weighted by atomic mass is 9.95. The lowest BCUT2D eigenvalue weighted by molar-refractivity contribution is -0.235. The van der Waals surface area contributed by atoms with Gasteiger partial charge in [0.05, 0.1) is 40.9 Å². The third kappa shape index (κ3) is 6.44. The van der Waals surface area contributed by atoms with Crippen molar-refractivity contribution in [2.75, 3.05) is 19.0 Å². The molecule has 3 atom stereocenters. The van der Waals surface area contributed by atoms with E-state index in [9.17, 15) is 31.5 Å². The van der Waals surface area contributed by atoms with Crippen LogP contribution in [0.25, 0.3) is 11.0 Å². The minimum absolute atomic E-state index is 0.0126. The van der Waals surface area contributed by atoms with E-state index in [1.807, 2.05) is 11.5 Å². The van der Waals surface area contributed by atoms with Gasteiger partial charge in [0.25, 0.3) is 5.91 Å². The molecule has 2 N–H and O–H groups in total. The first-order valence-corrected chi connectivity index (χ1v) is 14.5. The maximum absolute atomic E-state index is 13.0. The van der Waals surface area contributed by atoms with E-state index in [-0.39, 0.29) is 36.2 Å². The van der Waals surface area contributed by atoms with Gasteiger partial charge in [0, 0.05) is 18.5 Å². The van der Waals surface area contributed by atoms with Crippen LogP contribution in [-0.2, 0) is 27.5 Å². The summed E-state index contributed by atoms with van der Waals surface area (Å²) in [6.07, 6.45) is -5.30. The fraction of sp³-hybridized carbons (Fsp3) is 0.481. The van der Waals surface area contributed by atoms with Gasteiger partial charge in [-0.05, 0) is 61.6 Å². The normalized spacial score (nSPS) is 19.2. The van der Waals surface area contributed by atoms with Gasteiger partial charge in [-0.2, -0.15) is 13.2 Å². The Balaban J connectivity index is 1.48. The number of halogens is 3. The largest absolute Gasteiger partial charge is 0.414 e. The third-order valence-corrected chi connectivity index (χ3v) is 8.87. The molecular formula is C27H32F3N3O5S. The second-order valence-electron chi connectivity index (χ2n) is 9.67. The van der Waals surface area contributed by atoms with Gasteiger partial charge in [0.1, 0.15) is 5.82 Å². The first-order chi connectivity index (χ1) is 18.5. The maximum atomic E-state index is 13.0. The van der Waals surface area contributed by atoms with Gasteiger partial charge in [0.15, 0.2) is 15.9 Å². The molecule has 0 radical (unpaired) electrons. The number of sulfone groups is 1. The van der Waals surface area contributed by atoms with Crippen LogP contribution in [0.1, 0.15) is 54.5 Å². The highest BCUT2D eigenvalue weighted by molar-refractivity contribution is 7.91. The van der Waals surface area contributed by atoms with Crippen LogP contribution in [0, 0.1) is 5.92 Å². The summed E-state index contributed by atoms with van der Waals surface area (Å²) in [5.74, 6) is 0.168. The van der Waals surface area contributed by atoms with Crippen LogP contribution < -0.4 is 5.32 Å². The Labute approximate surface area is 225 Å². The van der Waals surface area contributed by atoms with Gasteiger partial charge >= 0.3 is 6.18 Å². The molecule has 2 heterocycles. The topological polar surface area (TPSA) is 111 Å². The van der Waals surface area contributed by atoms with Gasteiger partial charge in [-0.1, -0.05) is 19.1 Å². The number of hydrogen-bond donors (Lipinski definition) is 2. The summed E-state index contributed by atoms with van der Waals surface area (Å²) in [6, 6.07) is 10.4. The molecule has 1 unspecified atom stereocenters. The number of fused-ring (bicyclic) bond motifs is 1. The standard InChI is InChI=1S/C27H32F3N3O5S/c1-3-33-23-11-8-19(14-21(23)31-25(33)13-17-5-12-24(38-16-17)27(28,29)30)26(35)32-22(15-34)18-6-9-20(10-7-18)39(36,37)4-2/h6-11,14,17,22,24,34H,3-5,12-13,15-16H2,1-2H3,(H,32,35)/t17-,22?,24+/m1/s1. The van der Waals surface area contributed by atoms with Crippen molar-refractivity contribution >= 4 is 26.8 Å². The van der Waals surface area contributed by atoms with Crippen LogP contribution in [0.2, 0.25) is 0 Å². The SMILES string of the molecule is CCn1c(C[C@H]2CC[C@@H](C(F)(F)F)OC2)nc2cc(C(=O)NC(CO)c3ccc(S(=O)(=O)CC)cc3)ccc21. The number of carbonyl (C=O) groups is 1. The predicted molar refractivity (Wildman–Crippen MR) is 139 cm³/mol. The van der Waals surface area contributed by atoms with E-state index in [1.165, 1.54) is 12.1 Å². The van der Waals surface area contributed by atoms with E-state index in [0.29, 0.717) is 36.0 Å². The predicted octanol–water partition coefficient (Wildman–Crippen LogP) is 4.21. The summed E-state index contributed by atoms with van der Waals surface area (Å²) in [4.78, 5) is 17.9. The number of aromatic nitrogens is 2. The fourth-order valence-electron chi connectivity index (χ4n) is 4.86. The number of imidazole rings is 1. The number of aliphatic hydroxyl groups excluding tert-OH is 1. The Kier molecular flexibility index (Phi) is 8.67. The molecule has 0 aliphatic carbocycles. The zero-order valence-electron chi connectivity index (χ0n) is 21.7. The van der Waals surface area contributed by atoms with Gasteiger partial charge in [-0.15, -0.1) is 0 Å². The molecule has 3 aromatic rings. The van der Waals surface area contributed by atoms with Crippen molar-refractivity contribution in [3.05, 3.63) is 59.4 Å². The molecule has 1 aromatic heterocycles. The monoisotopic (exact) mass is 567 g/mol. The highest BCUT2D eigenvalue weighted by Crippen LogP contribution is 2.33. The molecule has 212 valence electrons. The number of ether oxygens (including phenoxy) is 1. The summed E-state index contributed by atoms with van der Waals surface area (Å²) >= 11 is 0. The molecule has 1 amide bonds. The number of alkyl halides is 3. The third-order valence-electron chi connectivity index (χ3n) is 7.12. The van der Waals surface area contributed by atoms with E-state index in [4.69, 9.17) is 4.74 Å². The number of nitrogens with one attached hydrogen (secondary N) is 1. The molecule has 1 aliphatic rings. The number of amides is 1. The Hall–Kier alpha value is -2.96. The molecule has 39 heavy (non-hydrogen) atoms. The molecule has 0 spiro atoms. The van der Waals surface area contributed by atoms with Crippen molar-refractivity contribution in [2.45, 2.75) is 62.9 Å². The number of nitrogens with zero attached hydrogens (tertiary/aromatic N) is 2. The quantitative estimate of drug-likeness (QED) is 0.401. The van der Waals surface area contributed by atoms with Gasteiger partial charge in [-0.3, -0.25) is 4.79 Å². The molecule has 0 bridgehead atoms. The highest BCUT2D eigenvalue weighted by atomic mass is 32.2. The molecular weight excluding hydrogens is 535 g/mol. The average Bonchev–Trinajstić information content (AvgIpc) is 3.27. The number of rotatable bonds is 9. The number of carbonyl (C=O) groups excluding carboxylic acids is 1. The number of hydrogen-bond acceptors (Lipinski definition) is 6. The van der Waals surface area contributed by atoms with E-state index >= 15 is 0 Å². The number of aryl methyl sites for hydroxylation is 1. The van der Waals surface area contributed by atoms with E-state index in [2.05, 4.69) is 10.3 Å². The van der Waals surface area contributed by atoms with Gasteiger partial charge in [-0.25, -0.2) is 13.4 Å². The molecule has 1 fully saturated rings. The molecule has 1 saturated heterocycles. The van der Waals surface area contributed by atoms with Crippen molar-refractivity contribution in [3.63, 3.8) is 0 Å². The summed E-state index contributed by atoms with van der Waals surface area (Å²) in [5.41, 5.74) is 2.27. The lowest BCUT2D eigenvalue weighted by Crippen LogP contribution is -2.38. The van der Waals surface area contributed by atoms with E-state index < -0.39 is 34.1 Å². The van der Waals surface area contributed by atoms with Crippen LogP contribution in [0.3, 0.4) is 0 Å². The maximum Gasteiger partial charge on any atom is 0.414 e. The highest BCUT2D eigenvalue weighted by Gasteiger charge is 2.43. The minimum Gasteiger partial charge on any atom is -0.394 e. The Bertz CT molecular complexity index is 1410. The first kappa shape index (κ1) is 29.0. The summed E-state index contributed by atoms with van der Waals surface area (Å²) in [7, 11) is -3.37. The van der Waals surface area contributed by atoms with Crippen LogP contribution in [0.5, 0.6) is 0 Å². The summed E-state index contributed by atoms with van der Waals surface area (Å²) in [6.45, 7) is 3.73. The second kappa shape index (κ2) is 11.6. The van der Waals surface area contributed by atoms with Crippen LogP contribution >= 0.6 is 0 Å².